The van der Waals surface area contributed by atoms with Crippen molar-refractivity contribution >= 4 is 11.7 Å². The van der Waals surface area contributed by atoms with Gasteiger partial charge in [-0.3, -0.25) is 0 Å². The van der Waals surface area contributed by atoms with Gasteiger partial charge in [0.15, 0.2) is 0 Å². The zero-order valence-corrected chi connectivity index (χ0v) is 12.6. The van der Waals surface area contributed by atoms with Crippen LogP contribution in [0.3, 0.4) is 0 Å². The number of urea groups is 1. The Morgan fingerprint density at radius 3 is 3.05 bits per heavy atom. The SMILES string of the molecule is COCCn1cncc1CNC(=O)Nc1cccc(F)c1C. The van der Waals surface area contributed by atoms with Gasteiger partial charge in [0, 0.05) is 31.1 Å². The third kappa shape index (κ3) is 4.05. The summed E-state index contributed by atoms with van der Waals surface area (Å²) in [4.78, 5) is 15.9. The molecule has 2 rings (SSSR count). The van der Waals surface area contributed by atoms with E-state index in [0.717, 1.165) is 5.69 Å². The van der Waals surface area contributed by atoms with Gasteiger partial charge in [-0.1, -0.05) is 6.07 Å². The zero-order chi connectivity index (χ0) is 15.9. The van der Waals surface area contributed by atoms with Crippen molar-refractivity contribution in [1.29, 1.82) is 0 Å². The molecule has 0 aliphatic heterocycles. The van der Waals surface area contributed by atoms with Crippen LogP contribution in [-0.2, 0) is 17.8 Å². The van der Waals surface area contributed by atoms with Gasteiger partial charge in [0.1, 0.15) is 5.82 Å². The van der Waals surface area contributed by atoms with Gasteiger partial charge in [0.25, 0.3) is 0 Å². The zero-order valence-electron chi connectivity index (χ0n) is 12.6. The molecule has 1 aromatic carbocycles. The molecule has 118 valence electrons. The Labute approximate surface area is 128 Å². The number of carbonyl (C=O) groups excluding carboxylic acids is 1. The average molecular weight is 306 g/mol. The molecule has 0 bridgehead atoms. The number of hydrogen-bond donors (Lipinski definition) is 2. The van der Waals surface area contributed by atoms with E-state index in [9.17, 15) is 9.18 Å². The molecule has 0 fully saturated rings. The van der Waals surface area contributed by atoms with Crippen molar-refractivity contribution in [3.63, 3.8) is 0 Å². The van der Waals surface area contributed by atoms with Gasteiger partial charge >= 0.3 is 6.03 Å². The molecule has 0 unspecified atom stereocenters. The third-order valence-electron chi connectivity index (χ3n) is 3.28. The summed E-state index contributed by atoms with van der Waals surface area (Å²) >= 11 is 0. The highest BCUT2D eigenvalue weighted by Crippen LogP contribution is 2.17. The minimum Gasteiger partial charge on any atom is -0.383 e. The van der Waals surface area contributed by atoms with Crippen LogP contribution >= 0.6 is 0 Å². The van der Waals surface area contributed by atoms with Crippen LogP contribution in [0.4, 0.5) is 14.9 Å². The molecule has 0 aliphatic rings. The van der Waals surface area contributed by atoms with Gasteiger partial charge < -0.3 is 19.9 Å². The Bertz CT molecular complexity index is 642. The number of imidazole rings is 1. The quantitative estimate of drug-likeness (QED) is 0.860. The van der Waals surface area contributed by atoms with Crippen molar-refractivity contribution in [2.75, 3.05) is 19.0 Å². The second-order valence-corrected chi connectivity index (χ2v) is 4.79. The lowest BCUT2D eigenvalue weighted by Crippen LogP contribution is -2.29. The van der Waals surface area contributed by atoms with E-state index < -0.39 is 6.03 Å². The van der Waals surface area contributed by atoms with E-state index in [1.54, 1.807) is 38.7 Å². The van der Waals surface area contributed by atoms with E-state index in [-0.39, 0.29) is 5.82 Å². The first-order chi connectivity index (χ1) is 10.6. The number of benzene rings is 1. The number of nitrogens with zero attached hydrogens (tertiary/aromatic N) is 2. The number of ether oxygens (including phenoxy) is 1. The van der Waals surface area contributed by atoms with Gasteiger partial charge in [0.05, 0.1) is 25.2 Å². The monoisotopic (exact) mass is 306 g/mol. The van der Waals surface area contributed by atoms with E-state index >= 15 is 0 Å². The summed E-state index contributed by atoms with van der Waals surface area (Å²) in [5.41, 5.74) is 1.72. The highest BCUT2D eigenvalue weighted by molar-refractivity contribution is 5.89. The smallest absolute Gasteiger partial charge is 0.319 e. The second-order valence-electron chi connectivity index (χ2n) is 4.79. The fourth-order valence-corrected chi connectivity index (χ4v) is 1.97. The number of hydrogen-bond acceptors (Lipinski definition) is 3. The largest absolute Gasteiger partial charge is 0.383 e. The summed E-state index contributed by atoms with van der Waals surface area (Å²) < 4.78 is 20.3. The van der Waals surface area contributed by atoms with Crippen LogP contribution in [0, 0.1) is 12.7 Å². The first-order valence-electron chi connectivity index (χ1n) is 6.89. The Morgan fingerprint density at radius 1 is 1.45 bits per heavy atom. The fourth-order valence-electron chi connectivity index (χ4n) is 1.97. The summed E-state index contributed by atoms with van der Waals surface area (Å²) in [6.07, 6.45) is 3.37. The summed E-state index contributed by atoms with van der Waals surface area (Å²) in [5.74, 6) is -0.351. The average Bonchev–Trinajstić information content (AvgIpc) is 2.95. The van der Waals surface area contributed by atoms with Crippen LogP contribution in [-0.4, -0.2) is 29.3 Å². The van der Waals surface area contributed by atoms with Gasteiger partial charge in [-0.15, -0.1) is 0 Å². The molecule has 2 N–H and O–H groups in total. The lowest BCUT2D eigenvalue weighted by Gasteiger charge is -2.11. The maximum atomic E-state index is 13.4. The van der Waals surface area contributed by atoms with Crippen LogP contribution in [0.15, 0.2) is 30.7 Å². The number of halogens is 1. The van der Waals surface area contributed by atoms with E-state index in [4.69, 9.17) is 4.74 Å². The van der Waals surface area contributed by atoms with Gasteiger partial charge in [0.2, 0.25) is 0 Å². The summed E-state index contributed by atoms with van der Waals surface area (Å²) in [6, 6.07) is 4.17. The van der Waals surface area contributed by atoms with Gasteiger partial charge in [-0.05, 0) is 19.1 Å². The molecular weight excluding hydrogens is 287 g/mol. The molecule has 0 spiro atoms. The molecule has 0 saturated heterocycles. The predicted octanol–water partition coefficient (Wildman–Crippen LogP) is 2.30. The van der Waals surface area contributed by atoms with Crippen LogP contribution in [0.2, 0.25) is 0 Å². The number of aromatic nitrogens is 2. The van der Waals surface area contributed by atoms with Crippen LogP contribution in [0.25, 0.3) is 0 Å². The number of carbonyl (C=O) groups is 1. The molecule has 7 heteroatoms. The molecular formula is C15H19FN4O2. The fraction of sp³-hybridized carbons (Fsp3) is 0.333. The molecule has 0 saturated carbocycles. The summed E-state index contributed by atoms with van der Waals surface area (Å²) in [5, 5.41) is 5.35. The first kappa shape index (κ1) is 16.0. The van der Waals surface area contributed by atoms with Crippen molar-refractivity contribution in [1.82, 2.24) is 14.9 Å². The second kappa shape index (κ2) is 7.56. The number of methoxy groups -OCH3 is 1. The standard InChI is InChI=1S/C15H19FN4O2/c1-11-13(16)4-3-5-14(11)19-15(21)18-9-12-8-17-10-20(12)6-7-22-2/h3-5,8,10H,6-7,9H2,1-2H3,(H2,18,19,21). The van der Waals surface area contributed by atoms with E-state index in [0.29, 0.717) is 30.9 Å². The van der Waals surface area contributed by atoms with Gasteiger partial charge in [-0.25, -0.2) is 14.2 Å². The Balaban J connectivity index is 1.90. The molecule has 0 aliphatic carbocycles. The molecule has 0 atom stereocenters. The first-order valence-corrected chi connectivity index (χ1v) is 6.89. The highest BCUT2D eigenvalue weighted by atomic mass is 19.1. The predicted molar refractivity (Wildman–Crippen MR) is 81.1 cm³/mol. The van der Waals surface area contributed by atoms with Crippen molar-refractivity contribution in [3.8, 4) is 0 Å². The van der Waals surface area contributed by atoms with Gasteiger partial charge in [-0.2, -0.15) is 0 Å². The van der Waals surface area contributed by atoms with E-state index in [1.165, 1.54) is 6.07 Å². The van der Waals surface area contributed by atoms with Crippen molar-refractivity contribution in [3.05, 3.63) is 47.8 Å². The molecule has 2 aromatic rings. The number of rotatable bonds is 6. The lowest BCUT2D eigenvalue weighted by atomic mass is 10.2. The molecule has 6 nitrogen and oxygen atoms in total. The minimum absolute atomic E-state index is 0.323. The highest BCUT2D eigenvalue weighted by Gasteiger charge is 2.08. The Hall–Kier alpha value is -2.41. The molecule has 2 amide bonds. The van der Waals surface area contributed by atoms with Crippen molar-refractivity contribution < 1.29 is 13.9 Å². The van der Waals surface area contributed by atoms with Crippen molar-refractivity contribution in [2.45, 2.75) is 20.0 Å². The molecule has 0 radical (unpaired) electrons. The number of amides is 2. The van der Waals surface area contributed by atoms with Crippen LogP contribution in [0.5, 0.6) is 0 Å². The summed E-state index contributed by atoms with van der Waals surface area (Å²) in [6.45, 7) is 3.17. The molecule has 1 aromatic heterocycles. The van der Waals surface area contributed by atoms with Crippen LogP contribution < -0.4 is 10.6 Å². The topological polar surface area (TPSA) is 68.2 Å². The van der Waals surface area contributed by atoms with E-state index in [1.807, 2.05) is 4.57 Å². The Morgan fingerprint density at radius 2 is 2.27 bits per heavy atom. The summed E-state index contributed by atoms with van der Waals surface area (Å²) in [7, 11) is 1.63. The van der Waals surface area contributed by atoms with Crippen molar-refractivity contribution in [2.24, 2.45) is 0 Å². The maximum absolute atomic E-state index is 13.4. The Kier molecular flexibility index (Phi) is 5.48. The normalized spacial score (nSPS) is 10.5. The number of anilines is 1. The lowest BCUT2D eigenvalue weighted by molar-refractivity contribution is 0.186. The third-order valence-corrected chi connectivity index (χ3v) is 3.28. The maximum Gasteiger partial charge on any atom is 0.319 e. The number of nitrogens with one attached hydrogen (secondary N) is 2. The molecule has 22 heavy (non-hydrogen) atoms. The molecule has 1 heterocycles. The van der Waals surface area contributed by atoms with Crippen LogP contribution in [0.1, 0.15) is 11.3 Å². The minimum atomic E-state index is -0.395. The van der Waals surface area contributed by atoms with E-state index in [2.05, 4.69) is 15.6 Å².